The lowest BCUT2D eigenvalue weighted by Gasteiger charge is -2.45. The largest absolute Gasteiger partial charge is 0.507 e. The Morgan fingerprint density at radius 3 is 2.38 bits per heavy atom. The maximum atomic E-state index is 11.0. The molecule has 4 rings (SSSR count). The van der Waals surface area contributed by atoms with Crippen molar-refractivity contribution in [3.63, 3.8) is 0 Å². The number of aliphatic hydroxyl groups is 4. The van der Waals surface area contributed by atoms with Gasteiger partial charge in [-0.3, -0.25) is 0 Å². The number of aromatic hydroxyl groups is 1. The van der Waals surface area contributed by atoms with E-state index in [4.69, 9.17) is 4.74 Å². The van der Waals surface area contributed by atoms with Crippen LogP contribution in [0, 0.1) is 0 Å². The number of benzene rings is 3. The molecule has 1 fully saturated rings. The van der Waals surface area contributed by atoms with E-state index in [-0.39, 0.29) is 11.3 Å². The van der Waals surface area contributed by atoms with Crippen LogP contribution in [0.5, 0.6) is 5.75 Å². The van der Waals surface area contributed by atoms with Gasteiger partial charge in [-0.15, -0.1) is 0 Å². The molecule has 26 heavy (non-hydrogen) atoms. The number of phenolic OH excluding ortho intramolecular Hbond substituents is 1. The predicted octanol–water partition coefficient (Wildman–Crippen LogP) is 1.35. The number of aliphatic hydroxyl groups excluding tert-OH is 3. The van der Waals surface area contributed by atoms with E-state index >= 15 is 0 Å². The van der Waals surface area contributed by atoms with Crippen molar-refractivity contribution in [2.45, 2.75) is 37.1 Å². The predicted molar refractivity (Wildman–Crippen MR) is 95.6 cm³/mol. The average molecular weight is 356 g/mol. The average Bonchev–Trinajstić information content (AvgIpc) is 2.64. The van der Waals surface area contributed by atoms with Gasteiger partial charge in [-0.1, -0.05) is 36.4 Å². The highest BCUT2D eigenvalue weighted by Crippen LogP contribution is 2.41. The van der Waals surface area contributed by atoms with Crippen LogP contribution < -0.4 is 0 Å². The molecule has 136 valence electrons. The van der Waals surface area contributed by atoms with Gasteiger partial charge in [0.25, 0.3) is 0 Å². The highest BCUT2D eigenvalue weighted by Gasteiger charge is 2.52. The molecule has 0 saturated carbocycles. The van der Waals surface area contributed by atoms with E-state index < -0.39 is 30.2 Å². The second-order valence-electron chi connectivity index (χ2n) is 6.82. The lowest BCUT2D eigenvalue weighted by Crippen LogP contribution is -2.62. The van der Waals surface area contributed by atoms with Crippen molar-refractivity contribution in [3.05, 3.63) is 54.1 Å². The Morgan fingerprint density at radius 2 is 1.62 bits per heavy atom. The molecule has 1 aliphatic heterocycles. The Labute approximate surface area is 149 Å². The van der Waals surface area contributed by atoms with Gasteiger partial charge < -0.3 is 30.3 Å². The third kappa shape index (κ3) is 2.39. The van der Waals surface area contributed by atoms with E-state index in [1.54, 1.807) is 12.1 Å². The van der Waals surface area contributed by atoms with Gasteiger partial charge in [0.05, 0.1) is 6.10 Å². The fraction of sp³-hybridized carbons (Fsp3) is 0.300. The second kappa shape index (κ2) is 5.90. The van der Waals surface area contributed by atoms with Crippen LogP contribution in [0.2, 0.25) is 0 Å². The highest BCUT2D eigenvalue weighted by molar-refractivity contribution is 6.09. The van der Waals surface area contributed by atoms with Crippen molar-refractivity contribution in [2.75, 3.05) is 0 Å². The van der Waals surface area contributed by atoms with E-state index in [0.29, 0.717) is 10.8 Å². The SMILES string of the molecule is C[C@@H]1OC(O)(c2cc(O)c3ccc4ccccc4c3c2)[C@H](O)[C@H](O)[C@H]1O. The molecule has 0 aromatic heterocycles. The summed E-state index contributed by atoms with van der Waals surface area (Å²) in [4.78, 5) is 0. The first-order valence-corrected chi connectivity index (χ1v) is 8.42. The molecule has 0 radical (unpaired) electrons. The van der Waals surface area contributed by atoms with Crippen LogP contribution in [-0.2, 0) is 10.5 Å². The Morgan fingerprint density at radius 1 is 0.885 bits per heavy atom. The third-order valence-electron chi connectivity index (χ3n) is 5.17. The van der Waals surface area contributed by atoms with Crippen molar-refractivity contribution in [3.8, 4) is 5.75 Å². The first-order chi connectivity index (χ1) is 12.3. The monoisotopic (exact) mass is 356 g/mol. The molecule has 5 atom stereocenters. The molecule has 3 aromatic carbocycles. The fourth-order valence-electron chi connectivity index (χ4n) is 3.66. The van der Waals surface area contributed by atoms with Crippen LogP contribution >= 0.6 is 0 Å². The zero-order valence-corrected chi connectivity index (χ0v) is 14.1. The summed E-state index contributed by atoms with van der Waals surface area (Å²) >= 11 is 0. The van der Waals surface area contributed by atoms with E-state index in [1.807, 2.05) is 30.3 Å². The van der Waals surface area contributed by atoms with Gasteiger partial charge in [0.1, 0.15) is 24.1 Å². The van der Waals surface area contributed by atoms with Gasteiger partial charge in [-0.2, -0.15) is 0 Å². The maximum absolute atomic E-state index is 11.0. The number of rotatable bonds is 1. The molecule has 5 N–H and O–H groups in total. The van der Waals surface area contributed by atoms with Gasteiger partial charge in [-0.25, -0.2) is 0 Å². The smallest absolute Gasteiger partial charge is 0.222 e. The number of hydrogen-bond acceptors (Lipinski definition) is 6. The summed E-state index contributed by atoms with van der Waals surface area (Å²) in [6, 6.07) is 14.2. The molecule has 0 amide bonds. The topological polar surface area (TPSA) is 110 Å². The zero-order valence-electron chi connectivity index (χ0n) is 14.1. The van der Waals surface area contributed by atoms with Crippen LogP contribution in [0.25, 0.3) is 21.5 Å². The molecule has 1 unspecified atom stereocenters. The van der Waals surface area contributed by atoms with Gasteiger partial charge in [0, 0.05) is 10.9 Å². The molecule has 3 aromatic rings. The third-order valence-corrected chi connectivity index (χ3v) is 5.17. The summed E-state index contributed by atoms with van der Waals surface area (Å²) in [6.45, 7) is 1.49. The summed E-state index contributed by atoms with van der Waals surface area (Å²) in [5.74, 6) is -2.35. The van der Waals surface area contributed by atoms with Gasteiger partial charge in [0.15, 0.2) is 0 Å². The summed E-state index contributed by atoms with van der Waals surface area (Å²) in [5.41, 5.74) is 0.101. The van der Waals surface area contributed by atoms with Crippen molar-refractivity contribution in [1.82, 2.24) is 0 Å². The van der Waals surface area contributed by atoms with Gasteiger partial charge in [0.2, 0.25) is 5.79 Å². The Hall–Kier alpha value is -2.22. The summed E-state index contributed by atoms with van der Waals surface area (Å²) < 4.78 is 5.46. The van der Waals surface area contributed by atoms with Crippen LogP contribution in [0.15, 0.2) is 48.5 Å². The minimum Gasteiger partial charge on any atom is -0.507 e. The molecular formula is C20H20O6. The number of fused-ring (bicyclic) bond motifs is 3. The number of ether oxygens (including phenoxy) is 1. The summed E-state index contributed by atoms with van der Waals surface area (Å²) in [5, 5.41) is 54.8. The first-order valence-electron chi connectivity index (χ1n) is 8.42. The molecule has 1 heterocycles. The highest BCUT2D eigenvalue weighted by atomic mass is 16.7. The van der Waals surface area contributed by atoms with E-state index in [0.717, 1.165) is 10.8 Å². The van der Waals surface area contributed by atoms with Gasteiger partial charge >= 0.3 is 0 Å². The summed E-state index contributed by atoms with van der Waals surface area (Å²) in [6.07, 6.45) is -5.61. The molecule has 0 spiro atoms. The van der Waals surface area contributed by atoms with Crippen LogP contribution in [0.3, 0.4) is 0 Å². The Kier molecular flexibility index (Phi) is 3.91. The lowest BCUT2D eigenvalue weighted by molar-refractivity contribution is -0.351. The minimum absolute atomic E-state index is 0.0826. The van der Waals surface area contributed by atoms with Crippen molar-refractivity contribution in [2.24, 2.45) is 0 Å². The Balaban J connectivity index is 1.95. The Bertz CT molecular complexity index is 987. The standard InChI is InChI=1S/C20H20O6/c1-10-17(22)18(23)19(24)20(25,26-10)12-8-15-13-5-3-2-4-11(13)6-7-14(15)16(21)9-12/h2-10,17-19,21-25H,1H3/t10-,17-,18+,19+,20?/m0/s1. The molecule has 0 aliphatic carbocycles. The van der Waals surface area contributed by atoms with Crippen LogP contribution in [-0.4, -0.2) is 49.9 Å². The van der Waals surface area contributed by atoms with Gasteiger partial charge in [-0.05, 0) is 35.2 Å². The van der Waals surface area contributed by atoms with Crippen LogP contribution in [0.1, 0.15) is 12.5 Å². The maximum Gasteiger partial charge on any atom is 0.222 e. The number of phenols is 1. The lowest BCUT2D eigenvalue weighted by atomic mass is 9.87. The molecular weight excluding hydrogens is 336 g/mol. The van der Waals surface area contributed by atoms with Crippen molar-refractivity contribution in [1.29, 1.82) is 0 Å². The molecule has 6 nitrogen and oxygen atoms in total. The zero-order chi connectivity index (χ0) is 18.6. The molecule has 1 aliphatic rings. The molecule has 6 heteroatoms. The van der Waals surface area contributed by atoms with Crippen LogP contribution in [0.4, 0.5) is 0 Å². The molecule has 0 bridgehead atoms. The van der Waals surface area contributed by atoms with Crippen molar-refractivity contribution >= 4 is 21.5 Å². The fourth-order valence-corrected chi connectivity index (χ4v) is 3.66. The normalized spacial score (nSPS) is 32.2. The first kappa shape index (κ1) is 17.2. The quantitative estimate of drug-likeness (QED) is 0.421. The van der Waals surface area contributed by atoms with Crippen molar-refractivity contribution < 1.29 is 30.3 Å². The van der Waals surface area contributed by atoms with E-state index in [2.05, 4.69) is 0 Å². The second-order valence-corrected chi connectivity index (χ2v) is 6.82. The number of hydrogen-bond donors (Lipinski definition) is 5. The molecule has 1 saturated heterocycles. The summed E-state index contributed by atoms with van der Waals surface area (Å²) in [7, 11) is 0. The van der Waals surface area contributed by atoms with E-state index in [1.165, 1.54) is 13.0 Å². The minimum atomic E-state index is -2.26. The van der Waals surface area contributed by atoms with E-state index in [9.17, 15) is 25.5 Å².